The zero-order valence-corrected chi connectivity index (χ0v) is 7.30. The summed E-state index contributed by atoms with van der Waals surface area (Å²) in [5, 5.41) is 0. The maximum Gasteiger partial charge on any atom is 0.265 e. The summed E-state index contributed by atoms with van der Waals surface area (Å²) < 4.78 is 29.7. The van der Waals surface area contributed by atoms with E-state index in [-0.39, 0.29) is 17.5 Å². The fourth-order valence-electron chi connectivity index (χ4n) is 2.43. The molecule has 3 fully saturated rings. The third kappa shape index (κ3) is 0.998. The Bertz CT molecular complexity index is 327. The van der Waals surface area contributed by atoms with Gasteiger partial charge in [0.15, 0.2) is 0 Å². The number of hydrogen-bond donors (Lipinski definition) is 1. The van der Waals surface area contributed by atoms with Crippen molar-refractivity contribution in [1.29, 1.82) is 0 Å². The lowest BCUT2D eigenvalue weighted by Crippen LogP contribution is -2.45. The molecule has 0 aromatic rings. The molecule has 68 valence electrons. The molecule has 2 atom stereocenters. The first-order valence-electron chi connectivity index (χ1n) is 3.92. The first kappa shape index (κ1) is 8.19. The summed E-state index contributed by atoms with van der Waals surface area (Å²) in [6.45, 7) is 0. The Labute approximate surface area is 70.7 Å². The van der Waals surface area contributed by atoms with Crippen molar-refractivity contribution in [2.45, 2.75) is 19.3 Å². The molecule has 12 heavy (non-hydrogen) atoms. The Balaban J connectivity index is 2.20. The zero-order valence-electron chi connectivity index (χ0n) is 6.49. The summed E-state index contributed by atoms with van der Waals surface area (Å²) in [5.74, 6) is -0.234. The van der Waals surface area contributed by atoms with Crippen molar-refractivity contribution in [3.05, 3.63) is 0 Å². The number of Topliss-reactive ketones (excluding diaryl/α,β-unsaturated/α-hetero) is 1. The Morgan fingerprint density at radius 3 is 2.58 bits per heavy atom. The van der Waals surface area contributed by atoms with E-state index in [2.05, 4.69) is 0 Å². The predicted octanol–water partition coefficient (Wildman–Crippen LogP) is 0.243. The van der Waals surface area contributed by atoms with Crippen LogP contribution in [0.25, 0.3) is 0 Å². The minimum Gasteiger partial charge on any atom is -0.299 e. The van der Waals surface area contributed by atoms with Crippen LogP contribution in [-0.2, 0) is 14.9 Å². The van der Waals surface area contributed by atoms with E-state index in [0.717, 1.165) is 6.42 Å². The summed E-state index contributed by atoms with van der Waals surface area (Å²) in [4.78, 5) is 11.2. The van der Waals surface area contributed by atoms with E-state index in [1.807, 2.05) is 0 Å². The maximum absolute atomic E-state index is 11.2. The molecule has 3 saturated carbocycles. The second-order valence-electron chi connectivity index (χ2n) is 3.81. The van der Waals surface area contributed by atoms with E-state index in [0.29, 0.717) is 12.8 Å². The van der Waals surface area contributed by atoms with Gasteiger partial charge in [0, 0.05) is 11.3 Å². The van der Waals surface area contributed by atoms with Crippen molar-refractivity contribution in [2.24, 2.45) is 11.3 Å². The molecule has 1 N–H and O–H groups in total. The number of ketones is 1. The third-order valence-corrected chi connectivity index (χ3v) is 3.88. The molecule has 0 amide bonds. The van der Waals surface area contributed by atoms with Gasteiger partial charge in [-0.2, -0.15) is 8.42 Å². The second kappa shape index (κ2) is 2.09. The van der Waals surface area contributed by atoms with Gasteiger partial charge < -0.3 is 0 Å². The van der Waals surface area contributed by atoms with E-state index in [9.17, 15) is 13.2 Å². The Hall–Kier alpha value is -0.420. The molecule has 3 aliphatic rings. The van der Waals surface area contributed by atoms with Crippen LogP contribution in [-0.4, -0.2) is 24.5 Å². The molecule has 0 aromatic heterocycles. The van der Waals surface area contributed by atoms with E-state index >= 15 is 0 Å². The van der Waals surface area contributed by atoms with Gasteiger partial charge in [-0.15, -0.1) is 0 Å². The minimum atomic E-state index is -3.98. The first-order valence-corrected chi connectivity index (χ1v) is 5.53. The van der Waals surface area contributed by atoms with Crippen LogP contribution < -0.4 is 0 Å². The Morgan fingerprint density at radius 2 is 2.25 bits per heavy atom. The van der Waals surface area contributed by atoms with Crippen LogP contribution in [0.3, 0.4) is 0 Å². The third-order valence-electron chi connectivity index (χ3n) is 2.96. The minimum absolute atomic E-state index is 0.0418. The Kier molecular flexibility index (Phi) is 1.42. The van der Waals surface area contributed by atoms with Gasteiger partial charge >= 0.3 is 0 Å². The molecule has 3 rings (SSSR count). The first-order chi connectivity index (χ1) is 5.43. The Morgan fingerprint density at radius 1 is 1.58 bits per heavy atom. The van der Waals surface area contributed by atoms with Gasteiger partial charge in [0.25, 0.3) is 10.1 Å². The summed E-state index contributed by atoms with van der Waals surface area (Å²) >= 11 is 0. The van der Waals surface area contributed by atoms with Crippen molar-refractivity contribution < 1.29 is 17.8 Å². The number of hydrogen-bond acceptors (Lipinski definition) is 3. The molecular formula is C7H10O4S. The highest BCUT2D eigenvalue weighted by Gasteiger charge is 2.60. The van der Waals surface area contributed by atoms with E-state index in [1.165, 1.54) is 0 Å². The number of carbonyl (C=O) groups is 1. The fraction of sp³-hybridized carbons (Fsp3) is 0.857. The van der Waals surface area contributed by atoms with Gasteiger partial charge in [0.2, 0.25) is 0 Å². The molecule has 0 aromatic carbocycles. The smallest absolute Gasteiger partial charge is 0.265 e. The predicted molar refractivity (Wildman–Crippen MR) is 41.2 cm³/mol. The molecule has 3 aliphatic carbocycles. The molecular weight excluding hydrogens is 180 g/mol. The summed E-state index contributed by atoms with van der Waals surface area (Å²) in [7, 11) is -3.98. The van der Waals surface area contributed by atoms with Crippen LogP contribution in [0.5, 0.6) is 0 Å². The van der Waals surface area contributed by atoms with Crippen LogP contribution in [0.1, 0.15) is 19.3 Å². The summed E-state index contributed by atoms with van der Waals surface area (Å²) in [5.41, 5.74) is -0.696. The molecule has 2 bridgehead atoms. The van der Waals surface area contributed by atoms with Crippen LogP contribution in [0.4, 0.5) is 0 Å². The average Bonchev–Trinajstić information content (AvgIpc) is 2.40. The highest BCUT2D eigenvalue weighted by molar-refractivity contribution is 7.85. The van der Waals surface area contributed by atoms with Gasteiger partial charge in [-0.1, -0.05) is 0 Å². The van der Waals surface area contributed by atoms with Crippen molar-refractivity contribution in [3.63, 3.8) is 0 Å². The van der Waals surface area contributed by atoms with Gasteiger partial charge in [-0.25, -0.2) is 0 Å². The molecule has 0 saturated heterocycles. The van der Waals surface area contributed by atoms with Crippen LogP contribution in [0.2, 0.25) is 0 Å². The van der Waals surface area contributed by atoms with Gasteiger partial charge in [0.1, 0.15) is 5.78 Å². The monoisotopic (exact) mass is 190 g/mol. The topological polar surface area (TPSA) is 71.4 Å². The SMILES string of the molecule is O=C1C2CCC1(CS(=O)(=O)O)C2. The lowest BCUT2D eigenvalue weighted by Gasteiger charge is -2.35. The van der Waals surface area contributed by atoms with Crippen molar-refractivity contribution in [3.8, 4) is 0 Å². The largest absolute Gasteiger partial charge is 0.299 e. The normalized spacial score (nSPS) is 39.8. The molecule has 0 aliphatic heterocycles. The van der Waals surface area contributed by atoms with Gasteiger partial charge in [0.05, 0.1) is 5.75 Å². The van der Waals surface area contributed by atoms with Gasteiger partial charge in [-0.3, -0.25) is 9.35 Å². The van der Waals surface area contributed by atoms with Crippen LogP contribution in [0.15, 0.2) is 0 Å². The summed E-state index contributed by atoms with van der Waals surface area (Å²) in [6.07, 6.45) is 2.09. The quantitative estimate of drug-likeness (QED) is 0.633. The van der Waals surface area contributed by atoms with Crippen molar-refractivity contribution >= 4 is 15.9 Å². The average molecular weight is 190 g/mol. The highest BCUT2D eigenvalue weighted by Crippen LogP contribution is 2.55. The molecule has 0 heterocycles. The standard InChI is InChI=1S/C7H10O4S/c8-6-5-1-2-7(6,3-5)4-12(9,10)11/h5H,1-4H2,(H,9,10,11). The number of carbonyl (C=O) groups excluding carboxylic acids is 1. The van der Waals surface area contributed by atoms with E-state index in [4.69, 9.17) is 4.55 Å². The van der Waals surface area contributed by atoms with Gasteiger partial charge in [-0.05, 0) is 19.3 Å². The number of fused-ring (bicyclic) bond motifs is 1. The molecule has 2 unspecified atom stereocenters. The van der Waals surface area contributed by atoms with E-state index in [1.54, 1.807) is 0 Å². The van der Waals surface area contributed by atoms with E-state index < -0.39 is 15.5 Å². The molecule has 5 heteroatoms. The molecule has 4 nitrogen and oxygen atoms in total. The van der Waals surface area contributed by atoms with Crippen molar-refractivity contribution in [2.75, 3.05) is 5.75 Å². The molecule has 0 radical (unpaired) electrons. The van der Waals surface area contributed by atoms with Crippen molar-refractivity contribution in [1.82, 2.24) is 0 Å². The zero-order chi connectivity index (χ0) is 8.98. The van der Waals surface area contributed by atoms with Crippen LogP contribution >= 0.6 is 0 Å². The summed E-state index contributed by atoms with van der Waals surface area (Å²) in [6, 6.07) is 0. The highest BCUT2D eigenvalue weighted by atomic mass is 32.2. The van der Waals surface area contributed by atoms with Crippen LogP contribution in [0, 0.1) is 11.3 Å². The lowest BCUT2D eigenvalue weighted by molar-refractivity contribution is -0.137. The number of rotatable bonds is 2. The molecule has 0 spiro atoms. The maximum atomic E-state index is 11.2. The fourth-order valence-corrected chi connectivity index (χ4v) is 3.53. The second-order valence-corrected chi connectivity index (χ2v) is 5.26. The lowest BCUT2D eigenvalue weighted by atomic mass is 9.70.